The van der Waals surface area contributed by atoms with Gasteiger partial charge in [0.1, 0.15) is 5.82 Å². The van der Waals surface area contributed by atoms with Crippen molar-refractivity contribution in [2.75, 3.05) is 5.75 Å². The summed E-state index contributed by atoms with van der Waals surface area (Å²) in [7, 11) is 0. The second kappa shape index (κ2) is 14.0. The molecule has 0 aliphatic rings. The fourth-order valence-electron chi connectivity index (χ4n) is 4.34. The molecule has 198 valence electrons. The fraction of sp³-hybridized carbons (Fsp3) is 0.433. The maximum absolute atomic E-state index is 12.7. The van der Waals surface area contributed by atoms with Crippen LogP contribution in [0.3, 0.4) is 0 Å². The summed E-state index contributed by atoms with van der Waals surface area (Å²) in [5, 5.41) is 12.6. The van der Waals surface area contributed by atoms with Gasteiger partial charge in [0.05, 0.1) is 17.8 Å². The van der Waals surface area contributed by atoms with E-state index in [-0.39, 0.29) is 11.8 Å². The van der Waals surface area contributed by atoms with Gasteiger partial charge in [0.15, 0.2) is 0 Å². The molecule has 6 nitrogen and oxygen atoms in total. The number of thiol groups is 1. The van der Waals surface area contributed by atoms with E-state index in [1.807, 2.05) is 42.6 Å². The van der Waals surface area contributed by atoms with Gasteiger partial charge in [-0.1, -0.05) is 76.1 Å². The SMILES string of the molecule is CCCCc1nc(CNC(=O)C(CS)CCC(C)C)cn1Cc1ccc(-c2ccccc2C(=O)O)cc1. The Kier molecular flexibility index (Phi) is 10.8. The molecule has 2 N–H and O–H groups in total. The van der Waals surface area contributed by atoms with Crippen LogP contribution in [0.25, 0.3) is 11.1 Å². The lowest BCUT2D eigenvalue weighted by Gasteiger charge is -2.15. The number of aromatic nitrogens is 2. The number of carboxylic acid groups (broad SMARTS) is 1. The monoisotopic (exact) mass is 521 g/mol. The van der Waals surface area contributed by atoms with E-state index >= 15 is 0 Å². The summed E-state index contributed by atoms with van der Waals surface area (Å²) in [4.78, 5) is 29.1. The topological polar surface area (TPSA) is 84.2 Å². The number of amides is 1. The number of benzene rings is 2. The van der Waals surface area contributed by atoms with Gasteiger partial charge < -0.3 is 15.0 Å². The summed E-state index contributed by atoms with van der Waals surface area (Å²) < 4.78 is 2.16. The first-order valence-corrected chi connectivity index (χ1v) is 13.8. The molecule has 0 spiro atoms. The number of carboxylic acids is 1. The van der Waals surface area contributed by atoms with E-state index in [1.165, 1.54) is 0 Å². The molecule has 1 heterocycles. The molecule has 0 fully saturated rings. The molecule has 0 aliphatic carbocycles. The second-order valence-electron chi connectivity index (χ2n) is 10.00. The Morgan fingerprint density at radius 2 is 1.81 bits per heavy atom. The summed E-state index contributed by atoms with van der Waals surface area (Å²) >= 11 is 4.39. The van der Waals surface area contributed by atoms with E-state index in [0.29, 0.717) is 35.9 Å². The maximum atomic E-state index is 12.7. The van der Waals surface area contributed by atoms with Gasteiger partial charge in [-0.3, -0.25) is 4.79 Å². The van der Waals surface area contributed by atoms with Gasteiger partial charge in [-0.2, -0.15) is 12.6 Å². The Hall–Kier alpha value is -3.06. The molecule has 1 unspecified atom stereocenters. The number of nitrogens with zero attached hydrogens (tertiary/aromatic N) is 2. The summed E-state index contributed by atoms with van der Waals surface area (Å²) in [5.74, 6) is 1.14. The Bertz CT molecular complexity index is 1170. The van der Waals surface area contributed by atoms with Crippen LogP contribution in [0.15, 0.2) is 54.7 Å². The predicted molar refractivity (Wildman–Crippen MR) is 152 cm³/mol. The molecular weight excluding hydrogens is 482 g/mol. The highest BCUT2D eigenvalue weighted by atomic mass is 32.1. The van der Waals surface area contributed by atoms with Gasteiger partial charge in [0, 0.05) is 30.8 Å². The van der Waals surface area contributed by atoms with E-state index < -0.39 is 5.97 Å². The van der Waals surface area contributed by atoms with Crippen molar-refractivity contribution in [2.24, 2.45) is 11.8 Å². The predicted octanol–water partition coefficient (Wildman–Crippen LogP) is 6.24. The number of carbonyl (C=O) groups is 2. The van der Waals surface area contributed by atoms with Gasteiger partial charge >= 0.3 is 5.97 Å². The van der Waals surface area contributed by atoms with E-state index in [4.69, 9.17) is 4.98 Å². The minimum absolute atomic E-state index is 0.0394. The minimum atomic E-state index is -0.932. The first-order chi connectivity index (χ1) is 17.8. The molecule has 1 aromatic heterocycles. The van der Waals surface area contributed by atoms with Crippen LogP contribution < -0.4 is 5.32 Å². The van der Waals surface area contributed by atoms with Crippen LogP contribution >= 0.6 is 12.6 Å². The first-order valence-electron chi connectivity index (χ1n) is 13.2. The van der Waals surface area contributed by atoms with E-state index in [1.54, 1.807) is 12.1 Å². The average molecular weight is 522 g/mol. The number of imidazole rings is 1. The Labute approximate surface area is 225 Å². The zero-order valence-corrected chi connectivity index (χ0v) is 23.0. The zero-order chi connectivity index (χ0) is 26.8. The molecule has 2 aromatic carbocycles. The fourth-order valence-corrected chi connectivity index (χ4v) is 4.69. The van der Waals surface area contributed by atoms with Crippen LogP contribution in [-0.2, 0) is 24.3 Å². The smallest absolute Gasteiger partial charge is 0.336 e. The van der Waals surface area contributed by atoms with Crippen molar-refractivity contribution < 1.29 is 14.7 Å². The zero-order valence-electron chi connectivity index (χ0n) is 22.1. The van der Waals surface area contributed by atoms with Gasteiger partial charge in [0.2, 0.25) is 5.91 Å². The van der Waals surface area contributed by atoms with Crippen LogP contribution in [0, 0.1) is 11.8 Å². The van der Waals surface area contributed by atoms with E-state index in [2.05, 4.69) is 43.3 Å². The van der Waals surface area contributed by atoms with Crippen molar-refractivity contribution in [2.45, 2.75) is 66.0 Å². The van der Waals surface area contributed by atoms with Crippen molar-refractivity contribution in [3.05, 3.63) is 77.4 Å². The van der Waals surface area contributed by atoms with Crippen LogP contribution in [0.5, 0.6) is 0 Å². The lowest BCUT2D eigenvalue weighted by atomic mass is 9.98. The number of hydrogen-bond donors (Lipinski definition) is 3. The van der Waals surface area contributed by atoms with Gasteiger partial charge in [-0.15, -0.1) is 0 Å². The number of hydrogen-bond acceptors (Lipinski definition) is 4. The number of unbranched alkanes of at least 4 members (excludes halogenated alkanes) is 1. The first kappa shape index (κ1) is 28.5. The number of aryl methyl sites for hydroxylation is 1. The van der Waals surface area contributed by atoms with Gasteiger partial charge in [-0.25, -0.2) is 9.78 Å². The molecule has 7 heteroatoms. The van der Waals surface area contributed by atoms with Crippen LogP contribution in [-0.4, -0.2) is 32.3 Å². The third kappa shape index (κ3) is 8.22. The van der Waals surface area contributed by atoms with E-state index in [0.717, 1.165) is 54.7 Å². The Balaban J connectivity index is 1.71. The molecule has 0 saturated carbocycles. The minimum Gasteiger partial charge on any atom is -0.478 e. The third-order valence-electron chi connectivity index (χ3n) is 6.57. The largest absolute Gasteiger partial charge is 0.478 e. The van der Waals surface area contributed by atoms with Crippen LogP contribution in [0.2, 0.25) is 0 Å². The van der Waals surface area contributed by atoms with Crippen LogP contribution in [0.4, 0.5) is 0 Å². The highest BCUT2D eigenvalue weighted by Gasteiger charge is 2.18. The molecular formula is C30H39N3O3S. The quantitative estimate of drug-likeness (QED) is 0.219. The lowest BCUT2D eigenvalue weighted by Crippen LogP contribution is -2.31. The number of aromatic carboxylic acids is 1. The van der Waals surface area contributed by atoms with E-state index in [9.17, 15) is 14.7 Å². The molecule has 3 aromatic rings. The average Bonchev–Trinajstić information content (AvgIpc) is 3.28. The van der Waals surface area contributed by atoms with Gasteiger partial charge in [-0.05, 0) is 41.5 Å². The van der Waals surface area contributed by atoms with Crippen molar-refractivity contribution in [3.63, 3.8) is 0 Å². The molecule has 3 rings (SSSR count). The molecule has 1 atom stereocenters. The molecule has 0 saturated heterocycles. The number of carbonyl (C=O) groups excluding carboxylic acids is 1. The maximum Gasteiger partial charge on any atom is 0.336 e. The van der Waals surface area contributed by atoms with Crippen LogP contribution in [0.1, 0.15) is 73.9 Å². The van der Waals surface area contributed by atoms with Crippen molar-refractivity contribution in [1.29, 1.82) is 0 Å². The molecule has 37 heavy (non-hydrogen) atoms. The lowest BCUT2D eigenvalue weighted by molar-refractivity contribution is -0.124. The summed E-state index contributed by atoms with van der Waals surface area (Å²) in [6.45, 7) is 7.56. The molecule has 0 radical (unpaired) electrons. The van der Waals surface area contributed by atoms with Crippen molar-refractivity contribution in [1.82, 2.24) is 14.9 Å². The third-order valence-corrected chi connectivity index (χ3v) is 7.01. The normalized spacial score (nSPS) is 12.0. The Morgan fingerprint density at radius 1 is 1.08 bits per heavy atom. The molecule has 1 amide bonds. The number of nitrogens with one attached hydrogen (secondary N) is 1. The summed E-state index contributed by atoms with van der Waals surface area (Å²) in [6, 6.07) is 15.0. The van der Waals surface area contributed by atoms with Gasteiger partial charge in [0.25, 0.3) is 0 Å². The summed E-state index contributed by atoms with van der Waals surface area (Å²) in [6.07, 6.45) is 6.89. The highest BCUT2D eigenvalue weighted by Crippen LogP contribution is 2.24. The number of rotatable bonds is 14. The second-order valence-corrected chi connectivity index (χ2v) is 10.4. The van der Waals surface area contributed by atoms with Crippen molar-refractivity contribution in [3.8, 4) is 11.1 Å². The Morgan fingerprint density at radius 3 is 2.46 bits per heavy atom. The molecule has 0 aliphatic heterocycles. The standard InChI is InChI=1S/C30H39N3O3S/c1-4-5-10-28-32-25(17-31-29(34)24(20-37)14-11-21(2)3)19-33(28)18-22-12-15-23(16-13-22)26-8-6-7-9-27(26)30(35)36/h6-9,12-13,15-16,19,21,24,37H,4-5,10-11,14,17-18,20H2,1-3H3,(H,31,34)(H,35,36). The highest BCUT2D eigenvalue weighted by molar-refractivity contribution is 7.80. The van der Waals surface area contributed by atoms with Crippen molar-refractivity contribution >= 4 is 24.5 Å². The summed E-state index contributed by atoms with van der Waals surface area (Å²) in [5.41, 5.74) is 3.83. The molecule has 0 bridgehead atoms.